The van der Waals surface area contributed by atoms with Crippen LogP contribution in [0.2, 0.25) is 0 Å². The van der Waals surface area contributed by atoms with Gasteiger partial charge in [0.1, 0.15) is 0 Å². The van der Waals surface area contributed by atoms with Crippen LogP contribution in [0, 0.1) is 0 Å². The molecule has 1 atom stereocenters. The molecule has 1 saturated heterocycles. The van der Waals surface area contributed by atoms with Crippen molar-refractivity contribution in [2.75, 3.05) is 18.8 Å². The van der Waals surface area contributed by atoms with Crippen molar-refractivity contribution in [1.82, 2.24) is 14.7 Å². The molecule has 1 aromatic carbocycles. The van der Waals surface area contributed by atoms with E-state index in [1.807, 2.05) is 21.8 Å². The minimum absolute atomic E-state index is 0.0535. The highest BCUT2D eigenvalue weighted by Gasteiger charge is 2.26. The Labute approximate surface area is 142 Å². The highest BCUT2D eigenvalue weighted by molar-refractivity contribution is 7.91. The summed E-state index contributed by atoms with van der Waals surface area (Å²) in [4.78, 5) is 14.8. The van der Waals surface area contributed by atoms with Crippen LogP contribution in [0.3, 0.4) is 0 Å². The van der Waals surface area contributed by atoms with E-state index in [4.69, 9.17) is 0 Å². The number of aromatic nitrogens is 2. The molecule has 2 heterocycles. The summed E-state index contributed by atoms with van der Waals surface area (Å²) in [6.45, 7) is 2.94. The van der Waals surface area contributed by atoms with E-state index in [0.717, 1.165) is 12.8 Å². The molecule has 0 radical (unpaired) electrons. The van der Waals surface area contributed by atoms with Gasteiger partial charge in [0.15, 0.2) is 9.84 Å². The lowest BCUT2D eigenvalue weighted by atomic mass is 10.0. The maximum Gasteiger partial charge on any atom is 0.253 e. The minimum atomic E-state index is -3.24. The van der Waals surface area contributed by atoms with Crippen LogP contribution < -0.4 is 0 Å². The average Bonchev–Trinajstić information content (AvgIpc) is 3.16. The smallest absolute Gasteiger partial charge is 0.253 e. The molecule has 1 aromatic heterocycles. The molecule has 1 fully saturated rings. The van der Waals surface area contributed by atoms with Crippen molar-refractivity contribution in [3.63, 3.8) is 0 Å². The fourth-order valence-corrected chi connectivity index (χ4v) is 3.89. The second kappa shape index (κ2) is 6.76. The summed E-state index contributed by atoms with van der Waals surface area (Å²) >= 11 is 0. The molecule has 0 bridgehead atoms. The first-order valence-electron chi connectivity index (χ1n) is 8.12. The number of amides is 1. The summed E-state index contributed by atoms with van der Waals surface area (Å²) in [6, 6.07) is 8.30. The van der Waals surface area contributed by atoms with Gasteiger partial charge in [0.25, 0.3) is 5.91 Å². The summed E-state index contributed by atoms with van der Waals surface area (Å²) in [5.41, 5.74) is 0.520. The van der Waals surface area contributed by atoms with Crippen LogP contribution in [0.15, 0.2) is 47.6 Å². The Bertz CT molecular complexity index is 798. The van der Waals surface area contributed by atoms with E-state index in [1.54, 1.807) is 25.3 Å². The fraction of sp³-hybridized carbons (Fsp3) is 0.412. The van der Waals surface area contributed by atoms with E-state index < -0.39 is 9.84 Å². The van der Waals surface area contributed by atoms with Crippen molar-refractivity contribution in [1.29, 1.82) is 0 Å². The quantitative estimate of drug-likeness (QED) is 0.849. The third-order valence-electron chi connectivity index (χ3n) is 4.42. The molecular weight excluding hydrogens is 326 g/mol. The Kier molecular flexibility index (Phi) is 4.71. The normalized spacial score (nSPS) is 18.5. The van der Waals surface area contributed by atoms with E-state index in [-0.39, 0.29) is 22.6 Å². The number of carbonyl (C=O) groups excluding carboxylic acids is 1. The number of nitrogens with zero attached hydrogens (tertiary/aromatic N) is 3. The highest BCUT2D eigenvalue weighted by Crippen LogP contribution is 2.22. The van der Waals surface area contributed by atoms with Crippen molar-refractivity contribution in [2.45, 2.75) is 30.7 Å². The number of benzene rings is 1. The van der Waals surface area contributed by atoms with Gasteiger partial charge in [0.05, 0.1) is 16.7 Å². The van der Waals surface area contributed by atoms with Gasteiger partial charge in [-0.2, -0.15) is 5.10 Å². The summed E-state index contributed by atoms with van der Waals surface area (Å²) in [5.74, 6) is -0.00914. The first-order valence-corrected chi connectivity index (χ1v) is 9.77. The van der Waals surface area contributed by atoms with E-state index in [2.05, 4.69) is 5.10 Å². The Morgan fingerprint density at radius 2 is 2.04 bits per heavy atom. The lowest BCUT2D eigenvalue weighted by Gasteiger charge is -2.33. The number of sulfone groups is 1. The maximum absolute atomic E-state index is 12.7. The molecule has 1 amide bonds. The topological polar surface area (TPSA) is 72.3 Å². The van der Waals surface area contributed by atoms with Gasteiger partial charge in [-0.15, -0.1) is 0 Å². The zero-order chi connectivity index (χ0) is 17.2. The first kappa shape index (κ1) is 16.7. The lowest BCUT2D eigenvalue weighted by molar-refractivity contribution is 0.0673. The molecule has 0 spiro atoms. The van der Waals surface area contributed by atoms with Crippen molar-refractivity contribution >= 4 is 15.7 Å². The number of hydrogen-bond acceptors (Lipinski definition) is 4. The molecule has 0 N–H and O–H groups in total. The van der Waals surface area contributed by atoms with Crippen LogP contribution in [0.25, 0.3) is 0 Å². The predicted molar refractivity (Wildman–Crippen MR) is 90.6 cm³/mol. The molecule has 2 aromatic rings. The molecule has 0 aliphatic carbocycles. The van der Waals surface area contributed by atoms with Gasteiger partial charge >= 0.3 is 0 Å². The third-order valence-corrected chi connectivity index (χ3v) is 6.17. The Morgan fingerprint density at radius 3 is 2.67 bits per heavy atom. The predicted octanol–water partition coefficient (Wildman–Crippen LogP) is 2.15. The van der Waals surface area contributed by atoms with Gasteiger partial charge in [-0.25, -0.2) is 8.42 Å². The second-order valence-corrected chi connectivity index (χ2v) is 8.24. The van der Waals surface area contributed by atoms with Gasteiger partial charge in [0.2, 0.25) is 0 Å². The second-order valence-electron chi connectivity index (χ2n) is 5.96. The maximum atomic E-state index is 12.7. The van der Waals surface area contributed by atoms with Crippen molar-refractivity contribution in [3.05, 3.63) is 48.3 Å². The molecule has 6 nitrogen and oxygen atoms in total. The standard InChI is InChI=1S/C17H21N3O3S/c1-2-24(22,23)16-8-6-14(7-9-16)17(21)19-11-3-5-15(13-19)20-12-4-10-18-20/h4,6-10,12,15H,2-3,5,11,13H2,1H3/t15-/m1/s1. The average molecular weight is 347 g/mol. The van der Waals surface area contributed by atoms with Gasteiger partial charge in [-0.05, 0) is 43.2 Å². The number of piperidine rings is 1. The summed E-state index contributed by atoms with van der Waals surface area (Å²) < 4.78 is 25.6. The molecule has 0 saturated carbocycles. The van der Waals surface area contributed by atoms with Crippen LogP contribution >= 0.6 is 0 Å². The molecule has 1 aliphatic rings. The fourth-order valence-electron chi connectivity index (χ4n) is 3.01. The van der Waals surface area contributed by atoms with Gasteiger partial charge < -0.3 is 4.90 Å². The van der Waals surface area contributed by atoms with Gasteiger partial charge in [0, 0.05) is 31.0 Å². The monoisotopic (exact) mass is 347 g/mol. The Hall–Kier alpha value is -2.15. The molecular formula is C17H21N3O3S. The number of carbonyl (C=O) groups is 1. The summed E-state index contributed by atoms with van der Waals surface area (Å²) in [6.07, 6.45) is 5.59. The Balaban J connectivity index is 1.74. The molecule has 7 heteroatoms. The lowest BCUT2D eigenvalue weighted by Crippen LogP contribution is -2.40. The highest BCUT2D eigenvalue weighted by atomic mass is 32.2. The molecule has 0 unspecified atom stereocenters. The van der Waals surface area contributed by atoms with E-state index in [9.17, 15) is 13.2 Å². The van der Waals surface area contributed by atoms with Gasteiger partial charge in [-0.3, -0.25) is 9.48 Å². The number of hydrogen-bond donors (Lipinski definition) is 0. The van der Waals surface area contributed by atoms with Crippen LogP contribution in [-0.4, -0.2) is 47.8 Å². The van der Waals surface area contributed by atoms with Crippen LogP contribution in [0.1, 0.15) is 36.2 Å². The summed E-state index contributed by atoms with van der Waals surface area (Å²) in [5, 5.41) is 4.27. The van der Waals surface area contributed by atoms with Crippen LogP contribution in [-0.2, 0) is 9.84 Å². The Morgan fingerprint density at radius 1 is 1.29 bits per heavy atom. The zero-order valence-corrected chi connectivity index (χ0v) is 14.4. The SMILES string of the molecule is CCS(=O)(=O)c1ccc(C(=O)N2CCC[C@@H](n3cccn3)C2)cc1. The number of rotatable bonds is 4. The number of likely N-dealkylation sites (tertiary alicyclic amines) is 1. The molecule has 128 valence electrons. The van der Waals surface area contributed by atoms with E-state index in [1.165, 1.54) is 12.1 Å². The molecule has 1 aliphatic heterocycles. The zero-order valence-electron chi connectivity index (χ0n) is 13.6. The van der Waals surface area contributed by atoms with Crippen LogP contribution in [0.5, 0.6) is 0 Å². The first-order chi connectivity index (χ1) is 11.5. The van der Waals surface area contributed by atoms with E-state index in [0.29, 0.717) is 18.7 Å². The van der Waals surface area contributed by atoms with E-state index >= 15 is 0 Å². The largest absolute Gasteiger partial charge is 0.337 e. The molecule has 3 rings (SSSR count). The van der Waals surface area contributed by atoms with Gasteiger partial charge in [-0.1, -0.05) is 6.92 Å². The molecule has 24 heavy (non-hydrogen) atoms. The minimum Gasteiger partial charge on any atom is -0.337 e. The van der Waals surface area contributed by atoms with Crippen molar-refractivity contribution in [2.24, 2.45) is 0 Å². The van der Waals surface area contributed by atoms with Crippen LogP contribution in [0.4, 0.5) is 0 Å². The van der Waals surface area contributed by atoms with Crippen molar-refractivity contribution in [3.8, 4) is 0 Å². The third kappa shape index (κ3) is 3.36. The van der Waals surface area contributed by atoms with Crippen molar-refractivity contribution < 1.29 is 13.2 Å². The summed E-state index contributed by atoms with van der Waals surface area (Å²) in [7, 11) is -3.24.